The molecular weight excluding hydrogens is 462 g/mol. The zero-order valence-corrected chi connectivity index (χ0v) is 18.5. The smallest absolute Gasteiger partial charge is 0.323 e. The van der Waals surface area contributed by atoms with Crippen LogP contribution >= 0.6 is 11.3 Å². The van der Waals surface area contributed by atoms with Crippen LogP contribution in [0.25, 0.3) is 10.4 Å². The van der Waals surface area contributed by atoms with Crippen molar-refractivity contribution in [3.63, 3.8) is 0 Å². The maximum absolute atomic E-state index is 13.7. The standard InChI is InChI=1S/C23H18F2N6O2S/c24-17-3-1-4-18(25)20(17)30-21(32)29-15-11-26-22(27-12-15)33-16-7-5-14(6-8-16)19-13-28-23(34-19)31-9-2-10-31/h1,3-8,11-13H,2,9-10H2,(H2,29,30,32). The van der Waals surface area contributed by atoms with E-state index in [0.29, 0.717) is 5.75 Å². The molecular formula is C23H18F2N6O2S. The predicted molar refractivity (Wildman–Crippen MR) is 125 cm³/mol. The minimum atomic E-state index is -0.881. The highest BCUT2D eigenvalue weighted by molar-refractivity contribution is 7.18. The third kappa shape index (κ3) is 4.79. The van der Waals surface area contributed by atoms with E-state index in [2.05, 4.69) is 30.5 Å². The van der Waals surface area contributed by atoms with Crippen LogP contribution in [0.3, 0.4) is 0 Å². The molecule has 2 aromatic heterocycles. The molecule has 2 aromatic carbocycles. The molecule has 8 nitrogen and oxygen atoms in total. The number of carbonyl (C=O) groups excluding carboxylic acids is 1. The second-order valence-corrected chi connectivity index (χ2v) is 8.41. The molecule has 2 N–H and O–H groups in total. The van der Waals surface area contributed by atoms with Crippen LogP contribution < -0.4 is 20.3 Å². The van der Waals surface area contributed by atoms with Gasteiger partial charge in [0.2, 0.25) is 0 Å². The number of aromatic nitrogens is 3. The SMILES string of the molecule is O=C(Nc1cnc(Oc2ccc(-c3cnc(N4CCC4)s3)cc2)nc1)Nc1c(F)cccc1F. The molecule has 1 aliphatic heterocycles. The fourth-order valence-electron chi connectivity index (χ4n) is 3.17. The molecule has 0 radical (unpaired) electrons. The molecule has 2 amide bonds. The molecule has 0 unspecified atom stereocenters. The maximum Gasteiger partial charge on any atom is 0.323 e. The number of nitrogens with zero attached hydrogens (tertiary/aromatic N) is 4. The Morgan fingerprint density at radius 3 is 2.29 bits per heavy atom. The van der Waals surface area contributed by atoms with Crippen molar-refractivity contribution in [1.82, 2.24) is 15.0 Å². The Hall–Kier alpha value is -4.12. The van der Waals surface area contributed by atoms with Gasteiger partial charge in [-0.05, 0) is 48.4 Å². The Balaban J connectivity index is 1.18. The van der Waals surface area contributed by atoms with E-state index in [1.807, 2.05) is 30.5 Å². The number of urea groups is 1. The average Bonchev–Trinajstić information content (AvgIpc) is 3.26. The molecule has 0 saturated carbocycles. The van der Waals surface area contributed by atoms with Gasteiger partial charge < -0.3 is 20.3 Å². The van der Waals surface area contributed by atoms with E-state index >= 15 is 0 Å². The number of amides is 2. The first-order valence-corrected chi connectivity index (χ1v) is 11.2. The highest BCUT2D eigenvalue weighted by Crippen LogP contribution is 2.34. The van der Waals surface area contributed by atoms with E-state index in [-0.39, 0.29) is 11.7 Å². The van der Waals surface area contributed by atoms with Gasteiger partial charge in [0.15, 0.2) is 5.13 Å². The third-order valence-electron chi connectivity index (χ3n) is 5.06. The van der Waals surface area contributed by atoms with Crippen LogP contribution in [0.5, 0.6) is 11.8 Å². The number of hydrogen-bond acceptors (Lipinski definition) is 7. The van der Waals surface area contributed by atoms with Crippen LogP contribution in [0.2, 0.25) is 0 Å². The molecule has 1 fully saturated rings. The number of thiazole rings is 1. The van der Waals surface area contributed by atoms with Crippen LogP contribution in [-0.4, -0.2) is 34.1 Å². The Labute approximate surface area is 197 Å². The number of carbonyl (C=O) groups is 1. The van der Waals surface area contributed by atoms with E-state index in [0.717, 1.165) is 40.8 Å². The number of benzene rings is 2. The molecule has 34 heavy (non-hydrogen) atoms. The summed E-state index contributed by atoms with van der Waals surface area (Å²) < 4.78 is 33.0. The monoisotopic (exact) mass is 480 g/mol. The van der Waals surface area contributed by atoms with Crippen molar-refractivity contribution in [2.45, 2.75) is 6.42 Å². The van der Waals surface area contributed by atoms with E-state index in [9.17, 15) is 13.6 Å². The van der Waals surface area contributed by atoms with Crippen molar-refractivity contribution in [3.8, 4) is 22.2 Å². The Morgan fingerprint density at radius 1 is 0.941 bits per heavy atom. The number of rotatable bonds is 6. The lowest BCUT2D eigenvalue weighted by molar-refractivity contribution is 0.262. The first kappa shape index (κ1) is 21.7. The lowest BCUT2D eigenvalue weighted by Gasteiger charge is -2.30. The van der Waals surface area contributed by atoms with Gasteiger partial charge in [-0.3, -0.25) is 0 Å². The van der Waals surface area contributed by atoms with Gasteiger partial charge in [0.05, 0.1) is 23.0 Å². The zero-order valence-electron chi connectivity index (χ0n) is 17.7. The van der Waals surface area contributed by atoms with Gasteiger partial charge >= 0.3 is 12.0 Å². The highest BCUT2D eigenvalue weighted by atomic mass is 32.1. The van der Waals surface area contributed by atoms with Crippen LogP contribution in [0.15, 0.2) is 61.1 Å². The summed E-state index contributed by atoms with van der Waals surface area (Å²) in [5.41, 5.74) is 0.717. The van der Waals surface area contributed by atoms with E-state index < -0.39 is 23.4 Å². The number of nitrogens with one attached hydrogen (secondary N) is 2. The van der Waals surface area contributed by atoms with Gasteiger partial charge in [-0.1, -0.05) is 17.4 Å². The number of anilines is 3. The van der Waals surface area contributed by atoms with Gasteiger partial charge in [-0.15, -0.1) is 0 Å². The van der Waals surface area contributed by atoms with E-state index in [1.165, 1.54) is 24.9 Å². The zero-order chi connectivity index (χ0) is 23.5. The van der Waals surface area contributed by atoms with Crippen molar-refractivity contribution in [1.29, 1.82) is 0 Å². The molecule has 0 spiro atoms. The first-order valence-electron chi connectivity index (χ1n) is 10.4. The fraction of sp³-hybridized carbons (Fsp3) is 0.130. The summed E-state index contributed by atoms with van der Waals surface area (Å²) in [6, 6.07) is 10.0. The number of halogens is 2. The lowest BCUT2D eigenvalue weighted by atomic mass is 10.2. The average molecular weight is 481 g/mol. The molecule has 172 valence electrons. The topological polar surface area (TPSA) is 92.3 Å². The summed E-state index contributed by atoms with van der Waals surface area (Å²) in [5.74, 6) is -1.22. The minimum absolute atomic E-state index is 0.0803. The first-order chi connectivity index (χ1) is 16.5. The summed E-state index contributed by atoms with van der Waals surface area (Å²) in [5, 5.41) is 5.57. The molecule has 0 atom stereocenters. The summed E-state index contributed by atoms with van der Waals surface area (Å²) in [4.78, 5) is 27.9. The van der Waals surface area contributed by atoms with Crippen molar-refractivity contribution >= 4 is 33.9 Å². The summed E-state index contributed by atoms with van der Waals surface area (Å²) >= 11 is 1.66. The van der Waals surface area contributed by atoms with E-state index in [4.69, 9.17) is 4.74 Å². The van der Waals surface area contributed by atoms with Crippen LogP contribution in [0, 0.1) is 11.6 Å². The second-order valence-electron chi connectivity index (χ2n) is 7.40. The molecule has 1 aliphatic rings. The number of para-hydroxylation sites is 1. The van der Waals surface area contributed by atoms with Crippen molar-refractivity contribution in [2.75, 3.05) is 28.6 Å². The van der Waals surface area contributed by atoms with E-state index in [1.54, 1.807) is 11.3 Å². The Kier molecular flexibility index (Phi) is 6.00. The Morgan fingerprint density at radius 2 is 1.65 bits per heavy atom. The molecule has 1 saturated heterocycles. The molecule has 4 aromatic rings. The number of ether oxygens (including phenoxy) is 1. The van der Waals surface area contributed by atoms with Crippen LogP contribution in [-0.2, 0) is 0 Å². The quantitative estimate of drug-likeness (QED) is 0.377. The molecule has 5 rings (SSSR count). The van der Waals surface area contributed by atoms with Gasteiger partial charge in [-0.25, -0.2) is 28.5 Å². The molecule has 0 bridgehead atoms. The third-order valence-corrected chi connectivity index (χ3v) is 6.16. The minimum Gasteiger partial charge on any atom is -0.424 e. The lowest BCUT2D eigenvalue weighted by Crippen LogP contribution is -2.36. The molecule has 11 heteroatoms. The fourth-order valence-corrected chi connectivity index (χ4v) is 4.14. The van der Waals surface area contributed by atoms with Crippen LogP contribution in [0.4, 0.5) is 30.1 Å². The van der Waals surface area contributed by atoms with Crippen LogP contribution in [0.1, 0.15) is 6.42 Å². The molecule has 3 heterocycles. The maximum atomic E-state index is 13.7. The number of hydrogen-bond donors (Lipinski definition) is 2. The van der Waals surface area contributed by atoms with Gasteiger partial charge in [-0.2, -0.15) is 0 Å². The highest BCUT2D eigenvalue weighted by Gasteiger charge is 2.18. The van der Waals surface area contributed by atoms with Crippen molar-refractivity contribution in [2.24, 2.45) is 0 Å². The van der Waals surface area contributed by atoms with Gasteiger partial charge in [0.25, 0.3) is 0 Å². The Bertz CT molecular complexity index is 1290. The summed E-state index contributed by atoms with van der Waals surface area (Å²) in [6.45, 7) is 2.12. The predicted octanol–water partition coefficient (Wildman–Crippen LogP) is 5.52. The normalized spacial score (nSPS) is 12.7. The molecule has 0 aliphatic carbocycles. The van der Waals surface area contributed by atoms with Crippen molar-refractivity contribution in [3.05, 3.63) is 72.7 Å². The van der Waals surface area contributed by atoms with Crippen molar-refractivity contribution < 1.29 is 18.3 Å². The van der Waals surface area contributed by atoms with Gasteiger partial charge in [0.1, 0.15) is 23.1 Å². The second kappa shape index (κ2) is 9.40. The summed E-state index contributed by atoms with van der Waals surface area (Å²) in [6.07, 6.45) is 5.73. The van der Waals surface area contributed by atoms with Gasteiger partial charge in [0, 0.05) is 19.3 Å². The summed E-state index contributed by atoms with van der Waals surface area (Å²) in [7, 11) is 0. The largest absolute Gasteiger partial charge is 0.424 e.